The van der Waals surface area contributed by atoms with Crippen LogP contribution in [0.2, 0.25) is 0 Å². The van der Waals surface area contributed by atoms with E-state index in [1.807, 2.05) is 0 Å². The van der Waals surface area contributed by atoms with E-state index in [4.69, 9.17) is 0 Å². The molecule has 1 aliphatic rings. The molecular weight excluding hydrogens is 362 g/mol. The van der Waals surface area contributed by atoms with E-state index in [9.17, 15) is 18.4 Å². The van der Waals surface area contributed by atoms with Crippen molar-refractivity contribution >= 4 is 11.8 Å². The number of benzene rings is 2. The fourth-order valence-electron chi connectivity index (χ4n) is 3.37. The lowest BCUT2D eigenvalue weighted by atomic mass is 10.1. The molecular formula is C22H24F2N2O2. The predicted molar refractivity (Wildman–Crippen MR) is 103 cm³/mol. The zero-order chi connectivity index (χ0) is 19.9. The Bertz CT molecular complexity index is 816. The van der Waals surface area contributed by atoms with Gasteiger partial charge in [0.2, 0.25) is 11.8 Å². The summed E-state index contributed by atoms with van der Waals surface area (Å²) >= 11 is 0. The second-order valence-electron chi connectivity index (χ2n) is 6.98. The number of carbonyl (C=O) groups is 2. The fourth-order valence-corrected chi connectivity index (χ4v) is 3.37. The first kappa shape index (κ1) is 20.0. The van der Waals surface area contributed by atoms with Crippen LogP contribution in [0.3, 0.4) is 0 Å². The van der Waals surface area contributed by atoms with Crippen molar-refractivity contribution in [2.24, 2.45) is 0 Å². The maximum atomic E-state index is 13.6. The van der Waals surface area contributed by atoms with Crippen molar-refractivity contribution in [2.45, 2.75) is 25.7 Å². The lowest BCUT2D eigenvalue weighted by molar-refractivity contribution is -0.139. The highest BCUT2D eigenvalue weighted by atomic mass is 19.1. The van der Waals surface area contributed by atoms with Gasteiger partial charge in [0, 0.05) is 39.0 Å². The Morgan fingerprint density at radius 3 is 1.86 bits per heavy atom. The summed E-state index contributed by atoms with van der Waals surface area (Å²) in [7, 11) is 0. The van der Waals surface area contributed by atoms with Crippen molar-refractivity contribution in [2.75, 3.05) is 26.2 Å². The molecule has 28 heavy (non-hydrogen) atoms. The van der Waals surface area contributed by atoms with Gasteiger partial charge in [-0.15, -0.1) is 0 Å². The first-order valence-corrected chi connectivity index (χ1v) is 9.56. The summed E-state index contributed by atoms with van der Waals surface area (Å²) in [6.45, 7) is 2.01. The highest BCUT2D eigenvalue weighted by Crippen LogP contribution is 2.12. The topological polar surface area (TPSA) is 40.6 Å². The minimum absolute atomic E-state index is 0.0123. The van der Waals surface area contributed by atoms with Crippen LogP contribution >= 0.6 is 0 Å². The van der Waals surface area contributed by atoms with Gasteiger partial charge in [-0.3, -0.25) is 9.59 Å². The summed E-state index contributed by atoms with van der Waals surface area (Å²) in [6, 6.07) is 12.7. The lowest BCUT2D eigenvalue weighted by Gasteiger charge is -2.35. The summed E-state index contributed by atoms with van der Waals surface area (Å²) < 4.78 is 26.6. The molecule has 1 saturated heterocycles. The van der Waals surface area contributed by atoms with E-state index in [-0.39, 0.29) is 29.9 Å². The van der Waals surface area contributed by atoms with Gasteiger partial charge in [0.1, 0.15) is 11.6 Å². The number of halogens is 2. The molecule has 2 aromatic rings. The van der Waals surface area contributed by atoms with Crippen LogP contribution in [-0.2, 0) is 22.4 Å². The van der Waals surface area contributed by atoms with Crippen molar-refractivity contribution in [3.63, 3.8) is 0 Å². The van der Waals surface area contributed by atoms with Crippen molar-refractivity contribution in [1.82, 2.24) is 9.80 Å². The van der Waals surface area contributed by atoms with E-state index in [1.165, 1.54) is 18.2 Å². The quantitative estimate of drug-likeness (QED) is 0.765. The number of hydrogen-bond acceptors (Lipinski definition) is 2. The lowest BCUT2D eigenvalue weighted by Crippen LogP contribution is -2.50. The molecule has 0 aromatic heterocycles. The number of nitrogens with zero attached hydrogens (tertiary/aromatic N) is 2. The highest BCUT2D eigenvalue weighted by Gasteiger charge is 2.23. The highest BCUT2D eigenvalue weighted by molar-refractivity contribution is 5.78. The number of piperazine rings is 1. The number of carbonyl (C=O) groups excluding carboxylic acids is 2. The van der Waals surface area contributed by atoms with Crippen molar-refractivity contribution in [3.8, 4) is 0 Å². The minimum Gasteiger partial charge on any atom is -0.339 e. The molecule has 0 N–H and O–H groups in total. The number of rotatable bonds is 6. The Morgan fingerprint density at radius 2 is 1.29 bits per heavy atom. The minimum atomic E-state index is -0.286. The SMILES string of the molecule is O=C(CCc1ccc(F)cc1)N1CCN(C(=O)CCc2ccccc2F)CC1. The number of aryl methyl sites for hydroxylation is 2. The summed E-state index contributed by atoms with van der Waals surface area (Å²) in [5.74, 6) is -0.540. The van der Waals surface area contributed by atoms with Gasteiger partial charge < -0.3 is 9.80 Å². The van der Waals surface area contributed by atoms with Gasteiger partial charge in [-0.05, 0) is 42.2 Å². The Labute approximate surface area is 163 Å². The van der Waals surface area contributed by atoms with Gasteiger partial charge in [0.15, 0.2) is 0 Å². The predicted octanol–water partition coefficient (Wildman–Crippen LogP) is 3.20. The van der Waals surface area contributed by atoms with Crippen LogP contribution in [0.15, 0.2) is 48.5 Å². The van der Waals surface area contributed by atoms with Gasteiger partial charge in [-0.2, -0.15) is 0 Å². The van der Waals surface area contributed by atoms with Crippen LogP contribution < -0.4 is 0 Å². The maximum absolute atomic E-state index is 13.6. The molecule has 1 aliphatic heterocycles. The van der Waals surface area contributed by atoms with E-state index in [0.29, 0.717) is 51.0 Å². The van der Waals surface area contributed by atoms with Gasteiger partial charge in [0.25, 0.3) is 0 Å². The molecule has 0 spiro atoms. The molecule has 0 saturated carbocycles. The molecule has 0 atom stereocenters. The smallest absolute Gasteiger partial charge is 0.223 e. The Morgan fingerprint density at radius 1 is 0.750 bits per heavy atom. The Balaban J connectivity index is 1.40. The van der Waals surface area contributed by atoms with Gasteiger partial charge in [-0.25, -0.2) is 8.78 Å². The first-order valence-electron chi connectivity index (χ1n) is 9.56. The average molecular weight is 386 g/mol. The second kappa shape index (κ2) is 9.44. The molecule has 0 radical (unpaired) electrons. The van der Waals surface area contributed by atoms with E-state index in [1.54, 1.807) is 40.1 Å². The molecule has 2 aromatic carbocycles. The van der Waals surface area contributed by atoms with Crippen molar-refractivity contribution in [1.29, 1.82) is 0 Å². The molecule has 1 fully saturated rings. The zero-order valence-corrected chi connectivity index (χ0v) is 15.7. The third kappa shape index (κ3) is 5.38. The fraction of sp³-hybridized carbons (Fsp3) is 0.364. The maximum Gasteiger partial charge on any atom is 0.223 e. The Kier molecular flexibility index (Phi) is 6.74. The van der Waals surface area contributed by atoms with E-state index < -0.39 is 0 Å². The van der Waals surface area contributed by atoms with Crippen LogP contribution in [0.25, 0.3) is 0 Å². The Hall–Kier alpha value is -2.76. The summed E-state index contributed by atoms with van der Waals surface area (Å²) in [6.07, 6.45) is 1.58. The third-order valence-electron chi connectivity index (χ3n) is 5.09. The number of amides is 2. The molecule has 1 heterocycles. The second-order valence-corrected chi connectivity index (χ2v) is 6.98. The summed E-state index contributed by atoms with van der Waals surface area (Å²) in [5.41, 5.74) is 1.47. The van der Waals surface area contributed by atoms with Gasteiger partial charge >= 0.3 is 0 Å². The molecule has 2 amide bonds. The van der Waals surface area contributed by atoms with E-state index in [0.717, 1.165) is 5.56 Å². The largest absolute Gasteiger partial charge is 0.339 e. The molecule has 148 valence electrons. The van der Waals surface area contributed by atoms with Crippen molar-refractivity contribution < 1.29 is 18.4 Å². The molecule has 0 bridgehead atoms. The zero-order valence-electron chi connectivity index (χ0n) is 15.7. The normalized spacial score (nSPS) is 14.2. The summed E-state index contributed by atoms with van der Waals surface area (Å²) in [4.78, 5) is 28.2. The van der Waals surface area contributed by atoms with E-state index in [2.05, 4.69) is 0 Å². The molecule has 4 nitrogen and oxygen atoms in total. The van der Waals surface area contributed by atoms with Crippen LogP contribution in [0, 0.1) is 11.6 Å². The molecule has 0 unspecified atom stereocenters. The molecule has 6 heteroatoms. The van der Waals surface area contributed by atoms with Crippen molar-refractivity contribution in [3.05, 3.63) is 71.3 Å². The summed E-state index contributed by atoms with van der Waals surface area (Å²) in [5, 5.41) is 0. The van der Waals surface area contributed by atoms with Crippen LogP contribution in [0.5, 0.6) is 0 Å². The number of hydrogen-bond donors (Lipinski definition) is 0. The van der Waals surface area contributed by atoms with Gasteiger partial charge in [-0.1, -0.05) is 30.3 Å². The van der Waals surface area contributed by atoms with Crippen LogP contribution in [0.4, 0.5) is 8.78 Å². The average Bonchev–Trinajstić information content (AvgIpc) is 2.72. The first-order chi connectivity index (χ1) is 13.5. The third-order valence-corrected chi connectivity index (χ3v) is 5.09. The van der Waals surface area contributed by atoms with Gasteiger partial charge in [0.05, 0.1) is 0 Å². The van der Waals surface area contributed by atoms with Crippen LogP contribution in [0.1, 0.15) is 24.0 Å². The monoisotopic (exact) mass is 386 g/mol. The van der Waals surface area contributed by atoms with Crippen LogP contribution in [-0.4, -0.2) is 47.8 Å². The molecule has 0 aliphatic carbocycles. The molecule has 3 rings (SSSR count). The standard InChI is InChI=1S/C22H24F2N2O2/c23-19-9-5-17(6-10-19)7-11-21(27)25-13-15-26(16-14-25)22(28)12-8-18-3-1-2-4-20(18)24/h1-6,9-10H,7-8,11-16H2. The van der Waals surface area contributed by atoms with E-state index >= 15 is 0 Å².